The Hall–Kier alpha value is -6.12. The lowest BCUT2D eigenvalue weighted by molar-refractivity contribution is 0.464. The highest BCUT2D eigenvalue weighted by molar-refractivity contribution is 7.88. The predicted molar refractivity (Wildman–Crippen MR) is 238 cm³/mol. The molecule has 5 heterocycles. The minimum absolute atomic E-state index is 0.0397. The fraction of sp³-hybridized carbons (Fsp3) is 0.200. The summed E-state index contributed by atoms with van der Waals surface area (Å²) in [6, 6.07) is 0. The number of nitrogens with one attached hydrogen (secondary N) is 2. The van der Waals surface area contributed by atoms with Crippen molar-refractivity contribution in [3.05, 3.63) is 118 Å². The maximum absolute atomic E-state index is 12.6. The molecule has 0 fully saturated rings. The highest BCUT2D eigenvalue weighted by atomic mass is 32.2. The Morgan fingerprint density at radius 1 is 0.344 bits per heavy atom. The van der Waals surface area contributed by atoms with Crippen molar-refractivity contribution in [3.63, 3.8) is 0 Å². The van der Waals surface area contributed by atoms with Gasteiger partial charge in [0.25, 0.3) is 40.5 Å². The van der Waals surface area contributed by atoms with Crippen molar-refractivity contribution in [3.8, 4) is 0 Å². The van der Waals surface area contributed by atoms with Gasteiger partial charge in [0, 0.05) is 44.5 Å². The van der Waals surface area contributed by atoms with Crippen molar-refractivity contribution in [2.75, 3.05) is 0 Å². The van der Waals surface area contributed by atoms with Gasteiger partial charge < -0.3 is 9.97 Å². The van der Waals surface area contributed by atoms with Crippen LogP contribution in [0, 0.1) is 0 Å². The molecule has 6 N–H and O–H groups in total. The van der Waals surface area contributed by atoms with Gasteiger partial charge in [-0.3, -0.25) is 18.2 Å². The first kappa shape index (κ1) is 43.1. The number of hydrogen-bond donors (Lipinski definition) is 6. The van der Waals surface area contributed by atoms with E-state index in [0.717, 1.165) is 0 Å². The Bertz CT molecular complexity index is 3280. The number of fused-ring (bicyclic) bond motifs is 18. The molecule has 0 radical (unpaired) electrons. The topological polar surface area (TPSA) is 326 Å². The van der Waals surface area contributed by atoms with Gasteiger partial charge >= 0.3 is 0 Å². The molecule has 0 aromatic carbocycles. The Morgan fingerprint density at radius 2 is 0.531 bits per heavy atom. The zero-order valence-corrected chi connectivity index (χ0v) is 36.9. The van der Waals surface area contributed by atoms with Crippen molar-refractivity contribution >= 4 is 110 Å². The Kier molecular flexibility index (Phi) is 9.23. The molecule has 6 aliphatic rings. The van der Waals surface area contributed by atoms with Crippen molar-refractivity contribution in [1.29, 1.82) is 0 Å². The Balaban J connectivity index is 1.44. The molecule has 2 aliphatic heterocycles. The molecule has 330 valence electrons. The third kappa shape index (κ3) is 6.75. The zero-order chi connectivity index (χ0) is 46.2. The van der Waals surface area contributed by atoms with E-state index in [9.17, 15) is 51.9 Å². The second kappa shape index (κ2) is 13.7. The number of aromatic amines is 2. The summed E-state index contributed by atoms with van der Waals surface area (Å²) in [6.45, 7) is 5.07. The standard InChI is InChI=1S/C40H34N8O12S4/c1-37(61(49,50)51)13-5-21-22(6-14-37)30-41-29(21)45-31-23-7-15-38(2,62(52,53)54)17-9-25(23)33(42-31)47-35-27-11-19-40(4,64(58,59)60)20-12-28(27)36(44-35)48-34-26-10-18-39(3,63(55,56)57)16-8-24(26)32(43-34)46-30/h5-20H,1-4H3,(H,49,50,51)(H,52,53,54)(H,55,56,57)(H,58,59,60)(H2,41,42,43,44,45,46,47,48). The van der Waals surface area contributed by atoms with Crippen LogP contribution in [0.1, 0.15) is 73.2 Å². The number of hydrogen-bond acceptors (Lipinski definition) is 14. The van der Waals surface area contributed by atoms with Crippen LogP contribution in [0.5, 0.6) is 0 Å². The quantitative estimate of drug-likeness (QED) is 0.194. The van der Waals surface area contributed by atoms with Crippen LogP contribution in [0.4, 0.5) is 0 Å². The van der Waals surface area contributed by atoms with Crippen LogP contribution in [0.2, 0.25) is 0 Å². The predicted octanol–water partition coefficient (Wildman–Crippen LogP) is 4.63. The molecule has 20 nitrogen and oxygen atoms in total. The van der Waals surface area contributed by atoms with Gasteiger partial charge in [0.1, 0.15) is 41.6 Å². The van der Waals surface area contributed by atoms with Crippen molar-refractivity contribution < 1.29 is 51.9 Å². The van der Waals surface area contributed by atoms with E-state index in [1.54, 1.807) is 0 Å². The van der Waals surface area contributed by atoms with E-state index < -0.39 is 59.5 Å². The molecule has 8 bridgehead atoms. The minimum atomic E-state index is -4.73. The number of H-pyrrole nitrogens is 2. The summed E-state index contributed by atoms with van der Waals surface area (Å²) < 4.78 is 134. The average molecular weight is 947 g/mol. The molecule has 3 aromatic rings. The molecule has 9 rings (SSSR count). The van der Waals surface area contributed by atoms with Crippen LogP contribution in [0.3, 0.4) is 0 Å². The number of nitrogens with zero attached hydrogens (tertiary/aromatic N) is 6. The zero-order valence-electron chi connectivity index (χ0n) is 33.6. The van der Waals surface area contributed by atoms with Gasteiger partial charge in [0.2, 0.25) is 0 Å². The van der Waals surface area contributed by atoms with Gasteiger partial charge in [-0.15, -0.1) is 0 Å². The molecular weight excluding hydrogens is 913 g/mol. The summed E-state index contributed by atoms with van der Waals surface area (Å²) in [5.41, 5.74) is 2.10. The second-order valence-corrected chi connectivity index (χ2v) is 23.5. The fourth-order valence-electron chi connectivity index (χ4n) is 7.28. The number of allylic oxidation sites excluding steroid dienone is 8. The first-order valence-corrected chi connectivity index (χ1v) is 24.6. The van der Waals surface area contributed by atoms with Gasteiger partial charge in [-0.25, -0.2) is 29.9 Å². The van der Waals surface area contributed by atoms with E-state index >= 15 is 0 Å². The summed E-state index contributed by atoms with van der Waals surface area (Å²) >= 11 is 0. The molecule has 0 saturated carbocycles. The van der Waals surface area contributed by atoms with Gasteiger partial charge in [0.05, 0.1) is 0 Å². The molecule has 0 atom stereocenters. The lowest BCUT2D eigenvalue weighted by Crippen LogP contribution is -2.30. The third-order valence-electron chi connectivity index (χ3n) is 11.8. The van der Waals surface area contributed by atoms with Gasteiger partial charge in [-0.2, -0.15) is 33.7 Å². The maximum Gasteiger partial charge on any atom is 0.277 e. The van der Waals surface area contributed by atoms with Crippen LogP contribution < -0.4 is 0 Å². The normalized spacial score (nSPS) is 26.2. The molecule has 3 aromatic heterocycles. The first-order valence-electron chi connectivity index (χ1n) is 18.8. The molecule has 0 spiro atoms. The number of aromatic nitrogens is 8. The van der Waals surface area contributed by atoms with E-state index in [4.69, 9.17) is 29.9 Å². The third-order valence-corrected chi connectivity index (χ3v) is 17.3. The minimum Gasteiger partial charge on any atom is -0.324 e. The van der Waals surface area contributed by atoms with Crippen molar-refractivity contribution in [2.45, 2.75) is 46.7 Å². The SMILES string of the molecule is CC1(S(=O)(=O)O)C=CC2=C(C=C1)c1nc2nc2[nH]c(nc3nc(nc4[nH]c(n1)c1c4C=CC(C)(S(=O)(=O)O)C=C1)C1=C3C=CC(C)(S(=O)(=O)O)C=C1)c1c2C=CC(C)(S(=O)(=O)O)C=C1. The Labute approximate surface area is 364 Å². The van der Waals surface area contributed by atoms with Crippen LogP contribution in [-0.4, -0.2) is 111 Å². The fourth-order valence-corrected chi connectivity index (χ4v) is 9.20. The molecule has 4 aliphatic carbocycles. The van der Waals surface area contributed by atoms with E-state index in [1.165, 1.54) is 125 Å². The molecule has 0 saturated heterocycles. The molecule has 0 unspecified atom stereocenters. The summed E-state index contributed by atoms with van der Waals surface area (Å²) in [5, 5.41) is 0. The molecule has 0 amide bonds. The maximum atomic E-state index is 12.6. The van der Waals surface area contributed by atoms with Crippen molar-refractivity contribution in [1.82, 2.24) is 39.9 Å². The highest BCUT2D eigenvalue weighted by Crippen LogP contribution is 2.40. The van der Waals surface area contributed by atoms with E-state index in [2.05, 4.69) is 9.97 Å². The average Bonchev–Trinajstić information content (AvgIpc) is 3.68. The summed E-state index contributed by atoms with van der Waals surface area (Å²) in [6.07, 6.45) is 21.0. The first-order chi connectivity index (χ1) is 29.6. The summed E-state index contributed by atoms with van der Waals surface area (Å²) in [4.78, 5) is 35.0. The lowest BCUT2D eigenvalue weighted by atomic mass is 10.1. The van der Waals surface area contributed by atoms with E-state index in [1.807, 2.05) is 0 Å². The largest absolute Gasteiger partial charge is 0.324 e. The smallest absolute Gasteiger partial charge is 0.277 e. The van der Waals surface area contributed by atoms with Crippen LogP contribution in [-0.2, 0) is 40.5 Å². The Morgan fingerprint density at radius 3 is 0.719 bits per heavy atom. The number of rotatable bonds is 4. The summed E-state index contributed by atoms with van der Waals surface area (Å²) in [5.74, 6) is -0.192. The highest BCUT2D eigenvalue weighted by Gasteiger charge is 2.39. The van der Waals surface area contributed by atoms with E-state index in [-0.39, 0.29) is 90.4 Å². The van der Waals surface area contributed by atoms with Crippen molar-refractivity contribution in [2.24, 2.45) is 0 Å². The monoisotopic (exact) mass is 946 g/mol. The van der Waals surface area contributed by atoms with Gasteiger partial charge in [-0.1, -0.05) is 97.2 Å². The van der Waals surface area contributed by atoms with E-state index in [0.29, 0.717) is 0 Å². The molecular formula is C40H34N8O12S4. The van der Waals surface area contributed by atoms with Crippen LogP contribution in [0.25, 0.3) is 69.2 Å². The molecule has 24 heteroatoms. The summed E-state index contributed by atoms with van der Waals surface area (Å²) in [7, 11) is -18.9. The van der Waals surface area contributed by atoms with Crippen LogP contribution >= 0.6 is 0 Å². The van der Waals surface area contributed by atoms with Gasteiger partial charge in [0.15, 0.2) is 23.3 Å². The molecule has 64 heavy (non-hydrogen) atoms. The van der Waals surface area contributed by atoms with Gasteiger partial charge in [-0.05, 0) is 27.7 Å². The van der Waals surface area contributed by atoms with Crippen LogP contribution in [0.15, 0.2) is 72.9 Å². The lowest BCUT2D eigenvalue weighted by Gasteiger charge is -2.16. The second-order valence-electron chi connectivity index (χ2n) is 16.2.